The second kappa shape index (κ2) is 4.18. The molecule has 1 aromatic carbocycles. The molecule has 0 aromatic heterocycles. The van der Waals surface area contributed by atoms with Crippen LogP contribution < -0.4 is 0 Å². The number of ketones is 1. The van der Waals surface area contributed by atoms with Crippen molar-refractivity contribution < 1.29 is 4.79 Å². The van der Waals surface area contributed by atoms with Crippen LogP contribution in [0.4, 0.5) is 0 Å². The average molecular weight is 202 g/mol. The first-order valence-corrected chi connectivity index (χ1v) is 5.88. The normalized spacial score (nSPS) is 19.3. The maximum Gasteiger partial charge on any atom is 0.166 e. The first-order chi connectivity index (χ1) is 7.22. The maximum atomic E-state index is 11.8. The number of aryl methyl sites for hydroxylation is 1. The topological polar surface area (TPSA) is 17.1 Å². The molecular formula is C14H18O. The Kier molecular flexibility index (Phi) is 2.90. The average Bonchev–Trinajstić information content (AvgIpc) is 2.52. The highest BCUT2D eigenvalue weighted by atomic mass is 16.1. The Hall–Kier alpha value is -1.11. The first kappa shape index (κ1) is 10.4. The summed E-state index contributed by atoms with van der Waals surface area (Å²) in [5, 5.41) is 0. The van der Waals surface area contributed by atoms with E-state index in [-0.39, 0.29) is 5.92 Å². The molecule has 2 rings (SSSR count). The van der Waals surface area contributed by atoms with Crippen LogP contribution in [0.15, 0.2) is 18.2 Å². The highest BCUT2D eigenvalue weighted by Gasteiger charge is 2.26. The largest absolute Gasteiger partial charge is 0.294 e. The number of carbonyl (C=O) groups excluding carboxylic acids is 1. The number of fused-ring (bicyclic) bond motifs is 1. The Bertz CT molecular complexity index is 379. The van der Waals surface area contributed by atoms with Crippen LogP contribution in [0.5, 0.6) is 0 Å². The minimum atomic E-state index is 0.196. The fourth-order valence-electron chi connectivity index (χ4n) is 2.26. The third-order valence-corrected chi connectivity index (χ3v) is 3.23. The van der Waals surface area contributed by atoms with Gasteiger partial charge < -0.3 is 0 Å². The quantitative estimate of drug-likeness (QED) is 0.734. The molecule has 1 atom stereocenters. The number of hydrogen-bond acceptors (Lipinski definition) is 1. The van der Waals surface area contributed by atoms with E-state index in [1.165, 1.54) is 24.0 Å². The third kappa shape index (κ3) is 1.97. The molecular weight excluding hydrogens is 184 g/mol. The van der Waals surface area contributed by atoms with Crippen molar-refractivity contribution in [3.8, 4) is 0 Å². The molecule has 1 aliphatic carbocycles. The summed E-state index contributed by atoms with van der Waals surface area (Å²) in [7, 11) is 0. The van der Waals surface area contributed by atoms with E-state index in [9.17, 15) is 4.79 Å². The SMILES string of the molecule is CCCCc1ccc2c(c1)C(=O)C(C)C2. The van der Waals surface area contributed by atoms with Crippen LogP contribution in [0, 0.1) is 5.92 Å². The highest BCUT2D eigenvalue weighted by Crippen LogP contribution is 2.27. The van der Waals surface area contributed by atoms with Gasteiger partial charge in [0.2, 0.25) is 0 Å². The van der Waals surface area contributed by atoms with Crippen molar-refractivity contribution in [2.75, 3.05) is 0 Å². The molecule has 0 spiro atoms. The minimum absolute atomic E-state index is 0.196. The minimum Gasteiger partial charge on any atom is -0.294 e. The van der Waals surface area contributed by atoms with Gasteiger partial charge >= 0.3 is 0 Å². The van der Waals surface area contributed by atoms with Gasteiger partial charge in [-0.15, -0.1) is 0 Å². The number of carbonyl (C=O) groups is 1. The molecule has 1 heteroatoms. The molecule has 0 saturated heterocycles. The van der Waals surface area contributed by atoms with E-state index < -0.39 is 0 Å². The Morgan fingerprint density at radius 3 is 2.93 bits per heavy atom. The second-order valence-corrected chi connectivity index (χ2v) is 4.56. The molecule has 0 N–H and O–H groups in total. The van der Waals surface area contributed by atoms with Gasteiger partial charge in [0, 0.05) is 11.5 Å². The van der Waals surface area contributed by atoms with E-state index in [1.807, 2.05) is 6.92 Å². The maximum absolute atomic E-state index is 11.8. The summed E-state index contributed by atoms with van der Waals surface area (Å²) in [6.45, 7) is 4.22. The smallest absolute Gasteiger partial charge is 0.166 e. The molecule has 0 amide bonds. The Balaban J connectivity index is 2.23. The zero-order chi connectivity index (χ0) is 10.8. The van der Waals surface area contributed by atoms with Crippen molar-refractivity contribution in [3.05, 3.63) is 34.9 Å². The zero-order valence-corrected chi connectivity index (χ0v) is 9.55. The van der Waals surface area contributed by atoms with Gasteiger partial charge in [0.1, 0.15) is 0 Å². The molecule has 0 radical (unpaired) electrons. The van der Waals surface area contributed by atoms with Gasteiger partial charge in [0.15, 0.2) is 5.78 Å². The Labute approximate surface area is 91.5 Å². The lowest BCUT2D eigenvalue weighted by atomic mass is 10.0. The van der Waals surface area contributed by atoms with E-state index in [4.69, 9.17) is 0 Å². The van der Waals surface area contributed by atoms with Gasteiger partial charge in [-0.3, -0.25) is 4.79 Å². The molecule has 1 aromatic rings. The number of hydrogen-bond donors (Lipinski definition) is 0. The second-order valence-electron chi connectivity index (χ2n) is 4.56. The lowest BCUT2D eigenvalue weighted by Gasteiger charge is -2.02. The van der Waals surface area contributed by atoms with Gasteiger partial charge in [0.25, 0.3) is 0 Å². The predicted octanol–water partition coefficient (Wildman–Crippen LogP) is 3.40. The molecule has 1 unspecified atom stereocenters. The van der Waals surface area contributed by atoms with Crippen molar-refractivity contribution in [3.63, 3.8) is 0 Å². The summed E-state index contributed by atoms with van der Waals surface area (Å²) >= 11 is 0. The summed E-state index contributed by atoms with van der Waals surface area (Å²) in [5.41, 5.74) is 3.54. The summed E-state index contributed by atoms with van der Waals surface area (Å²) in [6, 6.07) is 6.43. The monoisotopic (exact) mass is 202 g/mol. The highest BCUT2D eigenvalue weighted by molar-refractivity contribution is 6.02. The molecule has 80 valence electrons. The number of rotatable bonds is 3. The number of benzene rings is 1. The van der Waals surface area contributed by atoms with Crippen LogP contribution in [-0.4, -0.2) is 5.78 Å². The van der Waals surface area contributed by atoms with Crippen LogP contribution in [0.2, 0.25) is 0 Å². The van der Waals surface area contributed by atoms with Crippen LogP contribution in [-0.2, 0) is 12.8 Å². The van der Waals surface area contributed by atoms with Crippen molar-refractivity contribution >= 4 is 5.78 Å². The van der Waals surface area contributed by atoms with Gasteiger partial charge in [-0.25, -0.2) is 0 Å². The Morgan fingerprint density at radius 1 is 1.40 bits per heavy atom. The Morgan fingerprint density at radius 2 is 2.20 bits per heavy atom. The van der Waals surface area contributed by atoms with Crippen LogP contribution in [0.25, 0.3) is 0 Å². The molecule has 0 bridgehead atoms. The fourth-order valence-corrected chi connectivity index (χ4v) is 2.26. The lowest BCUT2D eigenvalue weighted by molar-refractivity contribution is 0.0946. The molecule has 0 heterocycles. The molecule has 0 fully saturated rings. The summed E-state index contributed by atoms with van der Waals surface area (Å²) in [5.74, 6) is 0.532. The zero-order valence-electron chi connectivity index (χ0n) is 9.55. The summed E-state index contributed by atoms with van der Waals surface area (Å²) in [4.78, 5) is 11.8. The molecule has 0 saturated carbocycles. The van der Waals surface area contributed by atoms with Gasteiger partial charge in [-0.05, 0) is 36.5 Å². The first-order valence-electron chi connectivity index (χ1n) is 5.88. The molecule has 0 aliphatic heterocycles. The van der Waals surface area contributed by atoms with Crippen LogP contribution >= 0.6 is 0 Å². The van der Waals surface area contributed by atoms with Crippen molar-refractivity contribution in [1.29, 1.82) is 0 Å². The van der Waals surface area contributed by atoms with E-state index in [0.717, 1.165) is 18.4 Å². The van der Waals surface area contributed by atoms with Gasteiger partial charge in [-0.2, -0.15) is 0 Å². The van der Waals surface area contributed by atoms with E-state index in [1.54, 1.807) is 0 Å². The standard InChI is InChI=1S/C14H18O/c1-3-4-5-11-6-7-12-8-10(2)14(15)13(12)9-11/h6-7,9-10H,3-5,8H2,1-2H3. The van der Waals surface area contributed by atoms with E-state index in [2.05, 4.69) is 25.1 Å². The third-order valence-electron chi connectivity index (χ3n) is 3.23. The van der Waals surface area contributed by atoms with Gasteiger partial charge in [0.05, 0.1) is 0 Å². The molecule has 1 nitrogen and oxygen atoms in total. The summed E-state index contributed by atoms with van der Waals surface area (Å²) < 4.78 is 0. The van der Waals surface area contributed by atoms with Crippen molar-refractivity contribution in [1.82, 2.24) is 0 Å². The lowest BCUT2D eigenvalue weighted by Crippen LogP contribution is -2.03. The van der Waals surface area contributed by atoms with Crippen LogP contribution in [0.1, 0.15) is 48.2 Å². The predicted molar refractivity (Wildman–Crippen MR) is 62.3 cm³/mol. The summed E-state index contributed by atoms with van der Waals surface area (Å²) in [6.07, 6.45) is 4.46. The van der Waals surface area contributed by atoms with Crippen LogP contribution in [0.3, 0.4) is 0 Å². The van der Waals surface area contributed by atoms with Gasteiger partial charge in [-0.1, -0.05) is 32.4 Å². The molecule has 15 heavy (non-hydrogen) atoms. The van der Waals surface area contributed by atoms with Crippen molar-refractivity contribution in [2.45, 2.75) is 39.5 Å². The van der Waals surface area contributed by atoms with E-state index in [0.29, 0.717) is 5.78 Å². The number of Topliss-reactive ketones (excluding diaryl/α,β-unsaturated/α-hetero) is 1. The molecule has 1 aliphatic rings. The fraction of sp³-hybridized carbons (Fsp3) is 0.500. The van der Waals surface area contributed by atoms with E-state index >= 15 is 0 Å². The number of unbranched alkanes of at least 4 members (excludes halogenated alkanes) is 1. The van der Waals surface area contributed by atoms with Crippen molar-refractivity contribution in [2.24, 2.45) is 5.92 Å².